The van der Waals surface area contributed by atoms with Crippen molar-refractivity contribution in [2.45, 2.75) is 11.9 Å². The lowest BCUT2D eigenvalue weighted by Crippen LogP contribution is -2.52. The Bertz CT molecular complexity index is 671. The zero-order valence-corrected chi connectivity index (χ0v) is 10.4. The zero-order chi connectivity index (χ0) is 14.0. The number of hydrogen-bond donors (Lipinski definition) is 4. The van der Waals surface area contributed by atoms with E-state index in [4.69, 9.17) is 4.55 Å². The quantitative estimate of drug-likeness (QED) is 0.511. The molecule has 1 unspecified atom stereocenters. The first-order valence-electron chi connectivity index (χ1n) is 5.26. The third-order valence-electron chi connectivity index (χ3n) is 2.50. The lowest BCUT2D eigenvalue weighted by molar-refractivity contribution is -0.118. The van der Waals surface area contributed by atoms with Gasteiger partial charge in [-0.05, 0) is 5.56 Å². The van der Waals surface area contributed by atoms with Crippen LogP contribution in [-0.2, 0) is 21.3 Å². The standard InChI is InChI=1S/C10H11N3O5S/c14-8-2-1-6(4-11-8)3-7-5-12-10(13-9(7)15)19(16,17)18/h1-2,4-5,10,12H,3H2,(H,11,14)(H,13,15)(H,16,17,18). The monoisotopic (exact) mass is 285 g/mol. The molecule has 0 saturated heterocycles. The van der Waals surface area contributed by atoms with E-state index in [1.807, 2.05) is 0 Å². The zero-order valence-electron chi connectivity index (χ0n) is 9.58. The fraction of sp³-hybridized carbons (Fsp3) is 0.200. The predicted octanol–water partition coefficient (Wildman–Crippen LogP) is -1.31. The Morgan fingerprint density at radius 2 is 2.00 bits per heavy atom. The maximum atomic E-state index is 11.7. The molecule has 1 atom stereocenters. The molecule has 0 spiro atoms. The fourth-order valence-corrected chi connectivity index (χ4v) is 2.06. The van der Waals surface area contributed by atoms with Gasteiger partial charge in [0, 0.05) is 30.5 Å². The van der Waals surface area contributed by atoms with Gasteiger partial charge >= 0.3 is 10.1 Å². The molecule has 1 aliphatic rings. The van der Waals surface area contributed by atoms with Crippen LogP contribution in [0.15, 0.2) is 34.9 Å². The third kappa shape index (κ3) is 3.20. The summed E-state index contributed by atoms with van der Waals surface area (Å²) >= 11 is 0. The highest BCUT2D eigenvalue weighted by Gasteiger charge is 2.28. The molecule has 8 nitrogen and oxygen atoms in total. The van der Waals surface area contributed by atoms with Gasteiger partial charge < -0.3 is 15.6 Å². The number of amides is 1. The van der Waals surface area contributed by atoms with Crippen LogP contribution in [0.4, 0.5) is 0 Å². The van der Waals surface area contributed by atoms with Crippen LogP contribution in [0.3, 0.4) is 0 Å². The van der Waals surface area contributed by atoms with Gasteiger partial charge in [-0.15, -0.1) is 0 Å². The van der Waals surface area contributed by atoms with E-state index in [0.717, 1.165) is 0 Å². The number of rotatable bonds is 3. The number of hydrogen-bond acceptors (Lipinski definition) is 5. The summed E-state index contributed by atoms with van der Waals surface area (Å²) in [5, 5.41) is 4.48. The maximum Gasteiger partial charge on any atom is 0.305 e. The molecule has 1 aliphatic heterocycles. The summed E-state index contributed by atoms with van der Waals surface area (Å²) in [4.78, 5) is 25.0. The molecule has 1 aromatic rings. The molecule has 0 radical (unpaired) electrons. The van der Waals surface area contributed by atoms with E-state index in [2.05, 4.69) is 15.6 Å². The lowest BCUT2D eigenvalue weighted by Gasteiger charge is -2.22. The first-order valence-corrected chi connectivity index (χ1v) is 6.76. The summed E-state index contributed by atoms with van der Waals surface area (Å²) < 4.78 is 30.5. The highest BCUT2D eigenvalue weighted by molar-refractivity contribution is 7.86. The van der Waals surface area contributed by atoms with Crippen molar-refractivity contribution < 1.29 is 17.8 Å². The van der Waals surface area contributed by atoms with E-state index < -0.39 is 21.5 Å². The largest absolute Gasteiger partial charge is 0.356 e. The Morgan fingerprint density at radius 3 is 2.53 bits per heavy atom. The molecule has 0 bridgehead atoms. The SMILES string of the molecule is O=C1NC(S(=O)(=O)O)NC=C1Cc1ccc(=O)[nH]c1. The van der Waals surface area contributed by atoms with Gasteiger partial charge in [-0.3, -0.25) is 14.1 Å². The normalized spacial score (nSPS) is 19.3. The molecule has 0 aliphatic carbocycles. The van der Waals surface area contributed by atoms with Crippen molar-refractivity contribution >= 4 is 16.0 Å². The van der Waals surface area contributed by atoms with Crippen molar-refractivity contribution in [2.24, 2.45) is 0 Å². The number of aromatic amines is 1. The van der Waals surface area contributed by atoms with Gasteiger partial charge in [0.25, 0.3) is 5.91 Å². The average Bonchev–Trinajstić information content (AvgIpc) is 2.33. The summed E-state index contributed by atoms with van der Waals surface area (Å²) in [5.74, 6) is -0.604. The van der Waals surface area contributed by atoms with Gasteiger partial charge in [0.15, 0.2) is 0 Å². The van der Waals surface area contributed by atoms with E-state index in [0.29, 0.717) is 5.56 Å². The smallest absolute Gasteiger partial charge is 0.305 e. The van der Waals surface area contributed by atoms with Crippen molar-refractivity contribution in [3.05, 3.63) is 46.0 Å². The first kappa shape index (κ1) is 13.3. The van der Waals surface area contributed by atoms with Gasteiger partial charge in [0.2, 0.25) is 11.1 Å². The van der Waals surface area contributed by atoms with Crippen LogP contribution in [-0.4, -0.2) is 29.4 Å². The Labute approximate surface area is 108 Å². The molecular weight excluding hydrogens is 274 g/mol. The van der Waals surface area contributed by atoms with Crippen molar-refractivity contribution in [3.63, 3.8) is 0 Å². The summed E-state index contributed by atoms with van der Waals surface area (Å²) in [5.41, 5.74) is -0.824. The van der Waals surface area contributed by atoms with Crippen molar-refractivity contribution in [2.75, 3.05) is 0 Å². The van der Waals surface area contributed by atoms with E-state index in [1.54, 1.807) is 6.07 Å². The summed E-state index contributed by atoms with van der Waals surface area (Å²) in [6, 6.07) is 2.88. The molecule has 0 aromatic carbocycles. The average molecular weight is 285 g/mol. The number of aromatic nitrogens is 1. The number of pyridine rings is 1. The summed E-state index contributed by atoms with van der Waals surface area (Å²) in [6.45, 7) is 0. The molecule has 1 aromatic heterocycles. The van der Waals surface area contributed by atoms with E-state index >= 15 is 0 Å². The first-order chi connectivity index (χ1) is 8.86. The number of H-pyrrole nitrogens is 1. The Hall–Kier alpha value is -2.13. The molecule has 0 saturated carbocycles. The second-order valence-electron chi connectivity index (χ2n) is 3.94. The van der Waals surface area contributed by atoms with Crippen LogP contribution in [0.25, 0.3) is 0 Å². The minimum absolute atomic E-state index is 0.216. The molecule has 19 heavy (non-hydrogen) atoms. The molecule has 4 N–H and O–H groups in total. The van der Waals surface area contributed by atoms with Crippen molar-refractivity contribution in [1.29, 1.82) is 0 Å². The number of nitrogens with one attached hydrogen (secondary N) is 3. The van der Waals surface area contributed by atoms with Crippen LogP contribution in [0.5, 0.6) is 0 Å². The lowest BCUT2D eigenvalue weighted by atomic mass is 10.1. The van der Waals surface area contributed by atoms with Gasteiger partial charge in [-0.2, -0.15) is 8.42 Å². The second kappa shape index (κ2) is 4.86. The minimum Gasteiger partial charge on any atom is -0.356 e. The van der Waals surface area contributed by atoms with Crippen LogP contribution in [0, 0.1) is 0 Å². The molecular formula is C10H11N3O5S. The number of carbonyl (C=O) groups excluding carboxylic acids is 1. The molecule has 9 heteroatoms. The third-order valence-corrected chi connectivity index (χ3v) is 3.35. The highest BCUT2D eigenvalue weighted by atomic mass is 32.2. The topological polar surface area (TPSA) is 128 Å². The Kier molecular flexibility index (Phi) is 3.40. The van der Waals surface area contributed by atoms with E-state index in [-0.39, 0.29) is 17.6 Å². The molecule has 2 rings (SSSR count). The Balaban J connectivity index is 2.14. The van der Waals surface area contributed by atoms with Gasteiger partial charge in [0.1, 0.15) is 0 Å². The van der Waals surface area contributed by atoms with Gasteiger partial charge in [0.05, 0.1) is 0 Å². The Morgan fingerprint density at radius 1 is 1.26 bits per heavy atom. The van der Waals surface area contributed by atoms with Gasteiger partial charge in [-0.25, -0.2) is 0 Å². The maximum absolute atomic E-state index is 11.7. The van der Waals surface area contributed by atoms with Gasteiger partial charge in [-0.1, -0.05) is 6.07 Å². The minimum atomic E-state index is -4.40. The van der Waals surface area contributed by atoms with Crippen molar-refractivity contribution in [3.8, 4) is 0 Å². The molecule has 0 fully saturated rings. The molecule has 102 valence electrons. The summed E-state index contributed by atoms with van der Waals surface area (Å²) in [7, 11) is -4.40. The van der Waals surface area contributed by atoms with E-state index in [9.17, 15) is 18.0 Å². The molecule has 2 heterocycles. The van der Waals surface area contributed by atoms with Crippen LogP contribution < -0.4 is 16.2 Å². The summed E-state index contributed by atoms with van der Waals surface area (Å²) in [6.07, 6.45) is 2.90. The molecule has 1 amide bonds. The number of carbonyl (C=O) groups is 1. The van der Waals surface area contributed by atoms with Crippen LogP contribution in [0.1, 0.15) is 5.56 Å². The second-order valence-corrected chi connectivity index (χ2v) is 5.44. The van der Waals surface area contributed by atoms with Crippen LogP contribution in [0.2, 0.25) is 0 Å². The highest BCUT2D eigenvalue weighted by Crippen LogP contribution is 2.09. The van der Waals surface area contributed by atoms with E-state index in [1.165, 1.54) is 18.5 Å². The van der Waals surface area contributed by atoms with Crippen LogP contribution >= 0.6 is 0 Å². The fourth-order valence-electron chi connectivity index (χ4n) is 1.56. The predicted molar refractivity (Wildman–Crippen MR) is 65.5 cm³/mol. The van der Waals surface area contributed by atoms with Crippen molar-refractivity contribution in [1.82, 2.24) is 15.6 Å².